The summed E-state index contributed by atoms with van der Waals surface area (Å²) in [5, 5.41) is 5.77. The molecule has 2 aromatic heterocycles. The van der Waals surface area contributed by atoms with E-state index < -0.39 is 0 Å². The van der Waals surface area contributed by atoms with Crippen molar-refractivity contribution < 1.29 is 4.74 Å². The Balaban J connectivity index is 1.37. The highest BCUT2D eigenvalue weighted by molar-refractivity contribution is 7.15. The molecular formula is C18H21N5OS. The maximum Gasteiger partial charge on any atom is 0.124 e. The number of aromatic amines is 1. The molecule has 130 valence electrons. The Kier molecular flexibility index (Phi) is 3.73. The number of para-hydroxylation sites is 2. The second-order valence-electron chi connectivity index (χ2n) is 6.84. The zero-order valence-electron chi connectivity index (χ0n) is 14.1. The summed E-state index contributed by atoms with van der Waals surface area (Å²) in [4.78, 5) is 15.3. The fourth-order valence-corrected chi connectivity index (χ4v) is 4.66. The van der Waals surface area contributed by atoms with Crippen LogP contribution >= 0.6 is 11.3 Å². The van der Waals surface area contributed by atoms with Gasteiger partial charge in [0.25, 0.3) is 0 Å². The number of H-pyrrole nitrogens is 1. The third-order valence-corrected chi connectivity index (χ3v) is 6.13. The lowest BCUT2D eigenvalue weighted by molar-refractivity contribution is -0.0823. The number of rotatable bonds is 3. The average molecular weight is 355 g/mol. The summed E-state index contributed by atoms with van der Waals surface area (Å²) in [6, 6.07) is 8.66. The van der Waals surface area contributed by atoms with E-state index in [4.69, 9.17) is 9.72 Å². The summed E-state index contributed by atoms with van der Waals surface area (Å²) in [5.41, 5.74) is 2.09. The standard InChI is InChI=1S/C18H21N5OS/c1-11-9-23(7-6-19-11)15-8-20-18(25-15)16-12(10-24-16)17-21-13-4-2-3-5-14(13)22-17/h2-5,8,11-12,16,19H,6-7,9-10H2,1H3,(H,21,22)/t11-,12?,16?/m1/s1. The van der Waals surface area contributed by atoms with Gasteiger partial charge in [0.05, 0.1) is 29.8 Å². The van der Waals surface area contributed by atoms with E-state index in [1.54, 1.807) is 11.3 Å². The quantitative estimate of drug-likeness (QED) is 0.756. The van der Waals surface area contributed by atoms with Crippen LogP contribution in [0.25, 0.3) is 11.0 Å². The molecule has 5 rings (SSSR count). The molecule has 1 aromatic carbocycles. The first-order valence-corrected chi connectivity index (χ1v) is 9.60. The summed E-state index contributed by atoms with van der Waals surface area (Å²) < 4.78 is 5.86. The van der Waals surface area contributed by atoms with Gasteiger partial charge in [-0.05, 0) is 19.1 Å². The van der Waals surface area contributed by atoms with Crippen molar-refractivity contribution in [1.29, 1.82) is 0 Å². The number of piperazine rings is 1. The smallest absolute Gasteiger partial charge is 0.124 e. The normalized spacial score (nSPS) is 26.8. The number of thiazole rings is 1. The van der Waals surface area contributed by atoms with Gasteiger partial charge in [-0.15, -0.1) is 0 Å². The van der Waals surface area contributed by atoms with Crippen LogP contribution in [-0.4, -0.2) is 47.2 Å². The van der Waals surface area contributed by atoms with Gasteiger partial charge in [0.1, 0.15) is 21.9 Å². The SMILES string of the molecule is C[C@@H]1CN(c2cnc(C3OCC3c3nc4ccccc4[nH]3)s2)CCN1. The van der Waals surface area contributed by atoms with Crippen molar-refractivity contribution >= 4 is 27.4 Å². The molecule has 0 bridgehead atoms. The largest absolute Gasteiger partial charge is 0.369 e. The highest BCUT2D eigenvalue weighted by Gasteiger charge is 2.39. The Bertz CT molecular complexity index is 857. The van der Waals surface area contributed by atoms with Crippen LogP contribution in [0.15, 0.2) is 30.5 Å². The van der Waals surface area contributed by atoms with Gasteiger partial charge in [-0.3, -0.25) is 0 Å². The van der Waals surface area contributed by atoms with Crippen molar-refractivity contribution in [1.82, 2.24) is 20.3 Å². The Morgan fingerprint density at radius 1 is 1.32 bits per heavy atom. The van der Waals surface area contributed by atoms with Crippen molar-refractivity contribution in [2.75, 3.05) is 31.1 Å². The minimum Gasteiger partial charge on any atom is -0.369 e. The topological polar surface area (TPSA) is 66.1 Å². The number of benzene rings is 1. The van der Waals surface area contributed by atoms with E-state index in [1.807, 2.05) is 24.4 Å². The van der Waals surface area contributed by atoms with Crippen LogP contribution in [-0.2, 0) is 4.74 Å². The summed E-state index contributed by atoms with van der Waals surface area (Å²) in [6.45, 7) is 6.01. The summed E-state index contributed by atoms with van der Waals surface area (Å²) >= 11 is 1.75. The fourth-order valence-electron chi connectivity index (χ4n) is 3.59. The highest BCUT2D eigenvalue weighted by Crippen LogP contribution is 2.44. The molecular weight excluding hydrogens is 334 g/mol. The van der Waals surface area contributed by atoms with Gasteiger partial charge >= 0.3 is 0 Å². The first kappa shape index (κ1) is 15.3. The molecule has 2 aliphatic rings. The van der Waals surface area contributed by atoms with Crippen molar-refractivity contribution in [2.24, 2.45) is 0 Å². The lowest BCUT2D eigenvalue weighted by atomic mass is 9.98. The molecule has 0 saturated carbocycles. The second-order valence-corrected chi connectivity index (χ2v) is 7.88. The number of fused-ring (bicyclic) bond motifs is 1. The van der Waals surface area contributed by atoms with Crippen LogP contribution in [0.5, 0.6) is 0 Å². The molecule has 2 fully saturated rings. The number of anilines is 1. The lowest BCUT2D eigenvalue weighted by Crippen LogP contribution is -2.49. The number of nitrogens with one attached hydrogen (secondary N) is 2. The predicted molar refractivity (Wildman–Crippen MR) is 99.3 cm³/mol. The molecule has 0 radical (unpaired) electrons. The number of hydrogen-bond acceptors (Lipinski definition) is 6. The van der Waals surface area contributed by atoms with Crippen LogP contribution in [0.4, 0.5) is 5.00 Å². The number of nitrogens with zero attached hydrogens (tertiary/aromatic N) is 3. The van der Waals surface area contributed by atoms with Gasteiger partial charge in [0.15, 0.2) is 0 Å². The third kappa shape index (κ3) is 2.72. The van der Waals surface area contributed by atoms with Gasteiger partial charge < -0.3 is 19.9 Å². The molecule has 7 heteroatoms. The molecule has 3 atom stereocenters. The number of ether oxygens (including phenoxy) is 1. The molecule has 0 spiro atoms. The van der Waals surface area contributed by atoms with Gasteiger partial charge in [-0.1, -0.05) is 23.5 Å². The van der Waals surface area contributed by atoms with Crippen molar-refractivity contribution in [2.45, 2.75) is 25.0 Å². The van der Waals surface area contributed by atoms with E-state index in [0.29, 0.717) is 12.6 Å². The predicted octanol–water partition coefficient (Wildman–Crippen LogP) is 2.67. The molecule has 2 unspecified atom stereocenters. The van der Waals surface area contributed by atoms with Crippen LogP contribution in [0.2, 0.25) is 0 Å². The van der Waals surface area contributed by atoms with Crippen molar-refractivity contribution in [3.05, 3.63) is 41.3 Å². The van der Waals surface area contributed by atoms with E-state index in [2.05, 4.69) is 33.2 Å². The van der Waals surface area contributed by atoms with Gasteiger partial charge in [-0.2, -0.15) is 0 Å². The number of hydrogen-bond donors (Lipinski definition) is 2. The van der Waals surface area contributed by atoms with E-state index in [1.165, 1.54) is 5.00 Å². The van der Waals surface area contributed by atoms with Crippen LogP contribution in [0.3, 0.4) is 0 Å². The molecule has 4 heterocycles. The Morgan fingerprint density at radius 2 is 2.24 bits per heavy atom. The molecule has 2 N–H and O–H groups in total. The first-order valence-electron chi connectivity index (χ1n) is 8.78. The Hall–Kier alpha value is -1.96. The van der Waals surface area contributed by atoms with E-state index in [0.717, 1.165) is 41.5 Å². The summed E-state index contributed by atoms with van der Waals surface area (Å²) in [7, 11) is 0. The number of aromatic nitrogens is 3. The number of imidazole rings is 1. The maximum atomic E-state index is 5.86. The highest BCUT2D eigenvalue weighted by atomic mass is 32.1. The van der Waals surface area contributed by atoms with Crippen LogP contribution in [0.1, 0.15) is 29.8 Å². The molecule has 2 aliphatic heterocycles. The Labute approximate surface area is 150 Å². The average Bonchev–Trinajstić information content (AvgIpc) is 3.20. The zero-order chi connectivity index (χ0) is 16.8. The lowest BCUT2D eigenvalue weighted by Gasteiger charge is -2.34. The van der Waals surface area contributed by atoms with Crippen LogP contribution < -0.4 is 10.2 Å². The minimum atomic E-state index is 0.0136. The van der Waals surface area contributed by atoms with Crippen molar-refractivity contribution in [3.63, 3.8) is 0 Å². The zero-order valence-corrected chi connectivity index (χ0v) is 14.9. The minimum absolute atomic E-state index is 0.0136. The Morgan fingerprint density at radius 3 is 3.04 bits per heavy atom. The van der Waals surface area contributed by atoms with E-state index in [-0.39, 0.29) is 12.0 Å². The van der Waals surface area contributed by atoms with Crippen LogP contribution in [0, 0.1) is 0 Å². The molecule has 0 aliphatic carbocycles. The van der Waals surface area contributed by atoms with E-state index >= 15 is 0 Å². The van der Waals surface area contributed by atoms with Gasteiger partial charge in [0.2, 0.25) is 0 Å². The molecule has 6 nitrogen and oxygen atoms in total. The third-order valence-electron chi connectivity index (χ3n) is 5.01. The molecule has 2 saturated heterocycles. The fraction of sp³-hybridized carbons (Fsp3) is 0.444. The van der Waals surface area contributed by atoms with Crippen molar-refractivity contribution in [3.8, 4) is 0 Å². The summed E-state index contributed by atoms with van der Waals surface area (Å²) in [5.74, 6) is 1.26. The monoisotopic (exact) mass is 355 g/mol. The first-order chi connectivity index (χ1) is 12.3. The van der Waals surface area contributed by atoms with Gasteiger partial charge in [-0.25, -0.2) is 9.97 Å². The molecule has 0 amide bonds. The summed E-state index contributed by atoms with van der Waals surface area (Å²) in [6.07, 6.45) is 2.01. The maximum absolute atomic E-state index is 5.86. The second kappa shape index (κ2) is 6.09. The van der Waals surface area contributed by atoms with E-state index in [9.17, 15) is 0 Å². The molecule has 25 heavy (non-hydrogen) atoms. The van der Waals surface area contributed by atoms with Gasteiger partial charge in [0, 0.05) is 25.7 Å². The molecule has 3 aromatic rings.